The average Bonchev–Trinajstić information content (AvgIpc) is 2.76. The molecule has 0 heterocycles. The lowest BCUT2D eigenvalue weighted by atomic mass is 10.2. The van der Waals surface area contributed by atoms with E-state index in [0.717, 1.165) is 21.7 Å². The Morgan fingerprint density at radius 1 is 0.969 bits per heavy atom. The molecule has 3 aromatic carbocycles. The number of para-hydroxylation sites is 1. The number of rotatable bonds is 8. The lowest BCUT2D eigenvalue weighted by Gasteiger charge is -2.27. The minimum absolute atomic E-state index is 0.345. The lowest BCUT2D eigenvalue weighted by molar-refractivity contribution is -0.121. The Morgan fingerprint density at radius 3 is 2.16 bits per heavy atom. The van der Waals surface area contributed by atoms with Crippen molar-refractivity contribution in [2.24, 2.45) is 5.10 Å². The van der Waals surface area contributed by atoms with Crippen molar-refractivity contribution < 1.29 is 17.9 Å². The van der Waals surface area contributed by atoms with Gasteiger partial charge in [0, 0.05) is 0 Å². The van der Waals surface area contributed by atoms with Gasteiger partial charge in [-0.3, -0.25) is 9.10 Å². The predicted molar refractivity (Wildman–Crippen MR) is 127 cm³/mol. The molecule has 0 aromatic heterocycles. The van der Waals surface area contributed by atoms with Gasteiger partial charge in [-0.25, -0.2) is 13.8 Å². The van der Waals surface area contributed by atoms with E-state index in [4.69, 9.17) is 4.74 Å². The lowest BCUT2D eigenvalue weighted by Crippen LogP contribution is -2.46. The van der Waals surface area contributed by atoms with Crippen molar-refractivity contribution in [2.75, 3.05) is 10.6 Å². The van der Waals surface area contributed by atoms with Gasteiger partial charge >= 0.3 is 0 Å². The summed E-state index contributed by atoms with van der Waals surface area (Å²) in [5, 5.41) is 3.95. The highest BCUT2D eigenvalue weighted by molar-refractivity contribution is 7.92. The molecule has 0 aliphatic carbocycles. The largest absolute Gasteiger partial charge is 0.457 e. The Hall–Kier alpha value is -3.65. The molecule has 3 rings (SSSR count). The molecule has 32 heavy (non-hydrogen) atoms. The third-order valence-electron chi connectivity index (χ3n) is 4.62. The Bertz CT molecular complexity index is 1180. The van der Waals surface area contributed by atoms with Crippen molar-refractivity contribution in [3.05, 3.63) is 90.0 Å². The molecule has 1 N–H and O–H groups in total. The first-order chi connectivity index (χ1) is 15.2. The van der Waals surface area contributed by atoms with Gasteiger partial charge in [0.2, 0.25) is 10.0 Å². The maximum Gasteiger partial charge on any atom is 0.263 e. The maximum atomic E-state index is 12.6. The molecular formula is C24H25N3O4S. The summed E-state index contributed by atoms with van der Waals surface area (Å²) in [5.74, 6) is 0.663. The molecule has 0 fully saturated rings. The summed E-state index contributed by atoms with van der Waals surface area (Å²) in [6.45, 7) is 3.48. The quantitative estimate of drug-likeness (QED) is 0.413. The van der Waals surface area contributed by atoms with E-state index in [-0.39, 0.29) is 0 Å². The molecule has 0 unspecified atom stereocenters. The van der Waals surface area contributed by atoms with Crippen LogP contribution in [0.3, 0.4) is 0 Å². The summed E-state index contributed by atoms with van der Waals surface area (Å²) in [6, 6.07) is 22.3. The number of amides is 1. The van der Waals surface area contributed by atoms with Crippen LogP contribution in [0.2, 0.25) is 0 Å². The number of anilines is 1. The highest BCUT2D eigenvalue weighted by Crippen LogP contribution is 2.26. The molecule has 166 valence electrons. The van der Waals surface area contributed by atoms with Gasteiger partial charge in [-0.05, 0) is 55.8 Å². The third kappa shape index (κ3) is 6.18. The smallest absolute Gasteiger partial charge is 0.263 e. The van der Waals surface area contributed by atoms with Crippen molar-refractivity contribution in [1.82, 2.24) is 5.43 Å². The number of carbonyl (C=O) groups excluding carboxylic acids is 1. The van der Waals surface area contributed by atoms with Gasteiger partial charge in [-0.15, -0.1) is 0 Å². The zero-order valence-electron chi connectivity index (χ0n) is 18.1. The van der Waals surface area contributed by atoms with Crippen LogP contribution in [0.1, 0.15) is 18.1 Å². The molecule has 8 heteroatoms. The van der Waals surface area contributed by atoms with Crippen molar-refractivity contribution in [2.45, 2.75) is 19.9 Å². The van der Waals surface area contributed by atoms with E-state index < -0.39 is 22.0 Å². The predicted octanol–water partition coefficient (Wildman–Crippen LogP) is 4.09. The molecule has 0 spiro atoms. The summed E-state index contributed by atoms with van der Waals surface area (Å²) in [5.41, 5.74) is 4.69. The number of hydrogen-bond donors (Lipinski definition) is 1. The van der Waals surface area contributed by atoms with Crippen LogP contribution in [0.5, 0.6) is 11.5 Å². The molecule has 0 saturated heterocycles. The van der Waals surface area contributed by atoms with Gasteiger partial charge in [0.05, 0.1) is 18.2 Å². The number of nitrogens with zero attached hydrogens (tertiary/aromatic N) is 2. The number of aryl methyl sites for hydroxylation is 1. The van der Waals surface area contributed by atoms with Gasteiger partial charge in [-0.2, -0.15) is 5.10 Å². The number of ether oxygens (including phenoxy) is 1. The highest BCUT2D eigenvalue weighted by atomic mass is 32.2. The SMILES string of the molecule is Cc1ccc(/C=N\NC(=O)[C@H](C)N(c2ccc(Oc3ccccc3)cc2)S(C)(=O)=O)cc1. The first-order valence-electron chi connectivity index (χ1n) is 9.96. The second kappa shape index (κ2) is 10.1. The molecule has 0 aliphatic heterocycles. The van der Waals surface area contributed by atoms with E-state index in [9.17, 15) is 13.2 Å². The van der Waals surface area contributed by atoms with Crippen LogP contribution in [0.4, 0.5) is 5.69 Å². The molecule has 7 nitrogen and oxygen atoms in total. The van der Waals surface area contributed by atoms with E-state index in [0.29, 0.717) is 17.2 Å². The Morgan fingerprint density at radius 2 is 1.56 bits per heavy atom. The molecular weight excluding hydrogens is 426 g/mol. The Labute approximate surface area is 188 Å². The zero-order valence-corrected chi connectivity index (χ0v) is 18.9. The maximum absolute atomic E-state index is 12.6. The monoisotopic (exact) mass is 451 g/mol. The minimum atomic E-state index is -3.74. The Kier molecular flexibility index (Phi) is 7.27. The second-order valence-corrected chi connectivity index (χ2v) is 9.15. The summed E-state index contributed by atoms with van der Waals surface area (Å²) in [4.78, 5) is 12.6. The number of benzene rings is 3. The van der Waals surface area contributed by atoms with Crippen molar-refractivity contribution >= 4 is 27.8 Å². The normalized spacial score (nSPS) is 12.3. The number of hydrogen-bond acceptors (Lipinski definition) is 5. The first-order valence-corrected chi connectivity index (χ1v) is 11.8. The fourth-order valence-electron chi connectivity index (χ4n) is 3.01. The van der Waals surface area contributed by atoms with Crippen LogP contribution in [0.25, 0.3) is 0 Å². The standard InChI is InChI=1S/C24H25N3O4S/c1-18-9-11-20(12-10-18)17-25-26-24(28)19(2)27(32(3,29)30)21-13-15-23(16-14-21)31-22-7-5-4-6-8-22/h4-17,19H,1-3H3,(H,26,28)/b25-17-/t19-/m0/s1. The van der Waals surface area contributed by atoms with Crippen LogP contribution >= 0.6 is 0 Å². The highest BCUT2D eigenvalue weighted by Gasteiger charge is 2.29. The van der Waals surface area contributed by atoms with E-state index in [1.165, 1.54) is 13.1 Å². The van der Waals surface area contributed by atoms with Crippen LogP contribution < -0.4 is 14.5 Å². The number of carbonyl (C=O) groups is 1. The zero-order chi connectivity index (χ0) is 23.1. The van der Waals surface area contributed by atoms with Gasteiger partial charge in [-0.1, -0.05) is 48.0 Å². The van der Waals surface area contributed by atoms with Crippen molar-refractivity contribution in [3.8, 4) is 11.5 Å². The van der Waals surface area contributed by atoms with Crippen LogP contribution in [0, 0.1) is 6.92 Å². The fraction of sp³-hybridized carbons (Fsp3) is 0.167. The van der Waals surface area contributed by atoms with E-state index in [1.54, 1.807) is 24.3 Å². The topological polar surface area (TPSA) is 88.1 Å². The summed E-state index contributed by atoms with van der Waals surface area (Å²) in [6.07, 6.45) is 2.56. The molecule has 1 atom stereocenters. The van der Waals surface area contributed by atoms with Crippen LogP contribution in [0.15, 0.2) is 84.0 Å². The van der Waals surface area contributed by atoms with E-state index in [1.807, 2.05) is 61.5 Å². The average molecular weight is 452 g/mol. The van der Waals surface area contributed by atoms with Gasteiger partial charge in [0.25, 0.3) is 5.91 Å². The molecule has 3 aromatic rings. The van der Waals surface area contributed by atoms with E-state index >= 15 is 0 Å². The van der Waals surface area contributed by atoms with Gasteiger partial charge in [0.15, 0.2) is 0 Å². The molecule has 0 bridgehead atoms. The van der Waals surface area contributed by atoms with E-state index in [2.05, 4.69) is 10.5 Å². The summed E-state index contributed by atoms with van der Waals surface area (Å²) < 4.78 is 31.7. The Balaban J connectivity index is 1.72. The number of nitrogens with one attached hydrogen (secondary N) is 1. The fourth-order valence-corrected chi connectivity index (χ4v) is 4.19. The summed E-state index contributed by atoms with van der Waals surface area (Å²) >= 11 is 0. The van der Waals surface area contributed by atoms with Gasteiger partial charge < -0.3 is 4.74 Å². The van der Waals surface area contributed by atoms with Crippen LogP contribution in [-0.4, -0.2) is 32.8 Å². The van der Waals surface area contributed by atoms with Gasteiger partial charge in [0.1, 0.15) is 17.5 Å². The van der Waals surface area contributed by atoms with Crippen molar-refractivity contribution in [1.29, 1.82) is 0 Å². The molecule has 0 radical (unpaired) electrons. The summed E-state index contributed by atoms with van der Waals surface area (Å²) in [7, 11) is -3.74. The number of hydrazone groups is 1. The second-order valence-electron chi connectivity index (χ2n) is 7.29. The molecule has 0 aliphatic rings. The molecule has 1 amide bonds. The number of sulfonamides is 1. The van der Waals surface area contributed by atoms with Crippen LogP contribution in [-0.2, 0) is 14.8 Å². The minimum Gasteiger partial charge on any atom is -0.457 e. The molecule has 0 saturated carbocycles. The first kappa shape index (κ1) is 23.0. The third-order valence-corrected chi connectivity index (χ3v) is 5.87. The van der Waals surface area contributed by atoms with Crippen molar-refractivity contribution in [3.63, 3.8) is 0 Å².